The summed E-state index contributed by atoms with van der Waals surface area (Å²) in [6.07, 6.45) is -0.572. The van der Waals surface area contributed by atoms with Crippen LogP contribution in [0.2, 0.25) is 0 Å². The van der Waals surface area contributed by atoms with Crippen molar-refractivity contribution in [2.24, 2.45) is 0 Å². The maximum absolute atomic E-state index is 12.3. The van der Waals surface area contributed by atoms with E-state index in [1.807, 2.05) is 0 Å². The lowest BCUT2D eigenvalue weighted by molar-refractivity contribution is -0.170. The Labute approximate surface area is 135 Å². The molecule has 130 valence electrons. The fraction of sp³-hybridized carbons (Fsp3) is 0.800. The van der Waals surface area contributed by atoms with Crippen LogP contribution in [-0.4, -0.2) is 85.3 Å². The molecule has 1 atom stereocenters. The molecular weight excluding hydrogens is 304 g/mol. The largest absolute Gasteiger partial charge is 0.453 e. The Balaban J connectivity index is 1.82. The predicted octanol–water partition coefficient (Wildman–Crippen LogP) is -0.586. The molecule has 2 saturated heterocycles. The van der Waals surface area contributed by atoms with Crippen molar-refractivity contribution >= 4 is 17.8 Å². The van der Waals surface area contributed by atoms with Crippen LogP contribution in [0.5, 0.6) is 0 Å². The lowest BCUT2D eigenvalue weighted by atomic mass is 10.2. The van der Waals surface area contributed by atoms with E-state index in [0.29, 0.717) is 39.4 Å². The zero-order valence-electron chi connectivity index (χ0n) is 13.9. The van der Waals surface area contributed by atoms with Gasteiger partial charge in [-0.1, -0.05) is 0 Å². The number of hydrogen-bond acceptors (Lipinski definition) is 6. The molecule has 0 saturated carbocycles. The van der Waals surface area contributed by atoms with Crippen molar-refractivity contribution < 1.29 is 28.6 Å². The van der Waals surface area contributed by atoms with Crippen LogP contribution in [0.15, 0.2) is 0 Å². The van der Waals surface area contributed by atoms with Crippen molar-refractivity contribution in [3.05, 3.63) is 0 Å². The van der Waals surface area contributed by atoms with Crippen molar-refractivity contribution in [3.8, 4) is 0 Å². The monoisotopic (exact) mass is 328 g/mol. The SMILES string of the molecule is CC(C)(C)OC(=O)C(=O)N1CCN(C(=O)C2COCCO2)CC1. The highest BCUT2D eigenvalue weighted by molar-refractivity contribution is 6.32. The summed E-state index contributed by atoms with van der Waals surface area (Å²) in [6.45, 7) is 7.64. The lowest BCUT2D eigenvalue weighted by Crippen LogP contribution is -2.55. The van der Waals surface area contributed by atoms with Gasteiger partial charge in [0.15, 0.2) is 6.10 Å². The van der Waals surface area contributed by atoms with Crippen molar-refractivity contribution in [1.82, 2.24) is 9.80 Å². The highest BCUT2D eigenvalue weighted by Crippen LogP contribution is 2.12. The molecule has 2 heterocycles. The second-order valence-corrected chi connectivity index (χ2v) is 6.55. The molecule has 0 aromatic rings. The zero-order valence-corrected chi connectivity index (χ0v) is 13.9. The molecule has 0 aromatic carbocycles. The maximum atomic E-state index is 12.3. The summed E-state index contributed by atoms with van der Waals surface area (Å²) in [6, 6.07) is 0. The Hall–Kier alpha value is -1.67. The van der Waals surface area contributed by atoms with Crippen LogP contribution in [0.3, 0.4) is 0 Å². The fourth-order valence-corrected chi connectivity index (χ4v) is 2.41. The van der Waals surface area contributed by atoms with E-state index in [2.05, 4.69) is 0 Å². The van der Waals surface area contributed by atoms with Crippen LogP contribution in [0.1, 0.15) is 20.8 Å². The summed E-state index contributed by atoms with van der Waals surface area (Å²) < 4.78 is 15.7. The number of ether oxygens (including phenoxy) is 3. The van der Waals surface area contributed by atoms with Crippen molar-refractivity contribution in [3.63, 3.8) is 0 Å². The first-order valence-electron chi connectivity index (χ1n) is 7.78. The molecule has 1 unspecified atom stereocenters. The molecule has 0 N–H and O–H groups in total. The Bertz CT molecular complexity index is 459. The first-order valence-corrected chi connectivity index (χ1v) is 7.78. The topological polar surface area (TPSA) is 85.4 Å². The summed E-state index contributed by atoms with van der Waals surface area (Å²) in [5.74, 6) is -1.65. The average Bonchev–Trinajstić information content (AvgIpc) is 2.53. The number of rotatable bonds is 1. The minimum absolute atomic E-state index is 0.130. The van der Waals surface area contributed by atoms with Gasteiger partial charge in [-0.25, -0.2) is 4.79 Å². The van der Waals surface area contributed by atoms with E-state index < -0.39 is 23.6 Å². The zero-order chi connectivity index (χ0) is 17.0. The van der Waals surface area contributed by atoms with E-state index in [0.717, 1.165) is 0 Å². The Morgan fingerprint density at radius 3 is 2.13 bits per heavy atom. The van der Waals surface area contributed by atoms with Crippen LogP contribution >= 0.6 is 0 Å². The van der Waals surface area contributed by atoms with Gasteiger partial charge in [-0.05, 0) is 20.8 Å². The first-order chi connectivity index (χ1) is 10.8. The molecule has 0 spiro atoms. The van der Waals surface area contributed by atoms with Gasteiger partial charge in [-0.3, -0.25) is 9.59 Å². The van der Waals surface area contributed by atoms with Gasteiger partial charge in [0.2, 0.25) is 0 Å². The summed E-state index contributed by atoms with van der Waals surface area (Å²) in [5.41, 5.74) is -0.706. The van der Waals surface area contributed by atoms with Gasteiger partial charge in [0.05, 0.1) is 19.8 Å². The minimum atomic E-state index is -0.860. The van der Waals surface area contributed by atoms with E-state index in [1.165, 1.54) is 4.90 Å². The Kier molecular flexibility index (Phi) is 5.59. The predicted molar refractivity (Wildman–Crippen MR) is 79.6 cm³/mol. The maximum Gasteiger partial charge on any atom is 0.397 e. The number of hydrogen-bond donors (Lipinski definition) is 0. The molecule has 2 aliphatic rings. The molecule has 2 amide bonds. The normalized spacial score (nSPS) is 22.7. The molecular formula is C15H24N2O6. The number of carbonyl (C=O) groups excluding carboxylic acids is 3. The van der Waals surface area contributed by atoms with Crippen molar-refractivity contribution in [2.75, 3.05) is 46.0 Å². The van der Waals surface area contributed by atoms with Crippen LogP contribution in [-0.2, 0) is 28.6 Å². The molecule has 8 heteroatoms. The van der Waals surface area contributed by atoms with Gasteiger partial charge < -0.3 is 24.0 Å². The summed E-state index contributed by atoms with van der Waals surface area (Å²) in [5, 5.41) is 0. The van der Waals surface area contributed by atoms with Gasteiger partial charge in [0, 0.05) is 26.2 Å². The Morgan fingerprint density at radius 1 is 1.00 bits per heavy atom. The number of amides is 2. The van der Waals surface area contributed by atoms with Crippen LogP contribution < -0.4 is 0 Å². The molecule has 0 aromatic heterocycles. The van der Waals surface area contributed by atoms with Crippen molar-refractivity contribution in [1.29, 1.82) is 0 Å². The van der Waals surface area contributed by atoms with Crippen molar-refractivity contribution in [2.45, 2.75) is 32.5 Å². The smallest absolute Gasteiger partial charge is 0.397 e. The van der Waals surface area contributed by atoms with E-state index in [-0.39, 0.29) is 12.5 Å². The second-order valence-electron chi connectivity index (χ2n) is 6.55. The summed E-state index contributed by atoms with van der Waals surface area (Å²) >= 11 is 0. The highest BCUT2D eigenvalue weighted by atomic mass is 16.6. The molecule has 2 fully saturated rings. The van der Waals surface area contributed by atoms with Gasteiger partial charge in [0.25, 0.3) is 5.91 Å². The number of carbonyl (C=O) groups is 3. The van der Waals surface area contributed by atoms with Crippen LogP contribution in [0.4, 0.5) is 0 Å². The molecule has 8 nitrogen and oxygen atoms in total. The van der Waals surface area contributed by atoms with Crippen LogP contribution in [0.25, 0.3) is 0 Å². The fourth-order valence-electron chi connectivity index (χ4n) is 2.41. The minimum Gasteiger partial charge on any atom is -0.453 e. The third kappa shape index (κ3) is 4.90. The van der Waals surface area contributed by atoms with Gasteiger partial charge in [0.1, 0.15) is 5.60 Å². The molecule has 0 bridgehead atoms. The summed E-state index contributed by atoms with van der Waals surface area (Å²) in [4.78, 5) is 39.2. The Morgan fingerprint density at radius 2 is 1.61 bits per heavy atom. The summed E-state index contributed by atoms with van der Waals surface area (Å²) in [7, 11) is 0. The molecule has 0 aliphatic carbocycles. The molecule has 23 heavy (non-hydrogen) atoms. The molecule has 2 aliphatic heterocycles. The molecule has 2 rings (SSSR count). The number of esters is 1. The quantitative estimate of drug-likeness (QED) is 0.473. The number of nitrogens with zero attached hydrogens (tertiary/aromatic N) is 2. The number of piperazine rings is 1. The lowest BCUT2D eigenvalue weighted by Gasteiger charge is -2.36. The average molecular weight is 328 g/mol. The van der Waals surface area contributed by atoms with E-state index in [1.54, 1.807) is 25.7 Å². The first kappa shape index (κ1) is 17.7. The standard InChI is InChI=1S/C15H24N2O6/c1-15(2,3)23-14(20)13(19)17-6-4-16(5-7-17)12(18)11-10-21-8-9-22-11/h11H,4-10H2,1-3H3. The van der Waals surface area contributed by atoms with E-state index in [9.17, 15) is 14.4 Å². The second kappa shape index (κ2) is 7.27. The van der Waals surface area contributed by atoms with Gasteiger partial charge in [-0.2, -0.15) is 0 Å². The van der Waals surface area contributed by atoms with Gasteiger partial charge in [-0.15, -0.1) is 0 Å². The van der Waals surface area contributed by atoms with Crippen LogP contribution in [0, 0.1) is 0 Å². The third-order valence-electron chi connectivity index (χ3n) is 3.54. The molecule has 0 radical (unpaired) electrons. The highest BCUT2D eigenvalue weighted by Gasteiger charge is 2.33. The third-order valence-corrected chi connectivity index (χ3v) is 3.54. The van der Waals surface area contributed by atoms with E-state index in [4.69, 9.17) is 14.2 Å². The van der Waals surface area contributed by atoms with E-state index >= 15 is 0 Å². The van der Waals surface area contributed by atoms with Gasteiger partial charge >= 0.3 is 11.9 Å².